The zero-order valence-electron chi connectivity index (χ0n) is 13.8. The van der Waals surface area contributed by atoms with E-state index in [1.807, 2.05) is 33.2 Å². The molecular weight excluding hydrogens is 310 g/mol. The van der Waals surface area contributed by atoms with E-state index >= 15 is 0 Å². The molecule has 1 aromatic heterocycles. The van der Waals surface area contributed by atoms with E-state index in [9.17, 15) is 9.59 Å². The summed E-state index contributed by atoms with van der Waals surface area (Å²) in [5, 5.41) is 7.23. The SMILES string of the molecule is Cn1cc(Nc2cccc(C(=O)O[C@H]3C(=O)OCC3(C)C)c2)cn1. The number of anilines is 2. The van der Waals surface area contributed by atoms with Crippen molar-refractivity contribution < 1.29 is 19.1 Å². The standard InChI is InChI=1S/C17H19N3O4/c1-17(2)10-23-16(22)14(17)24-15(21)11-5-4-6-12(7-11)19-13-8-18-20(3)9-13/h4-9,14,19H,10H2,1-3H3/t14-/m0/s1. The van der Waals surface area contributed by atoms with Crippen LogP contribution >= 0.6 is 0 Å². The minimum absolute atomic E-state index is 0.242. The molecule has 7 heteroatoms. The van der Waals surface area contributed by atoms with Crippen LogP contribution < -0.4 is 5.32 Å². The van der Waals surface area contributed by atoms with Crippen molar-refractivity contribution in [1.29, 1.82) is 0 Å². The fraction of sp³-hybridized carbons (Fsp3) is 0.353. The van der Waals surface area contributed by atoms with Gasteiger partial charge in [0.2, 0.25) is 6.10 Å². The molecule has 1 saturated heterocycles. The molecule has 1 aliphatic rings. The number of benzene rings is 1. The van der Waals surface area contributed by atoms with Crippen molar-refractivity contribution in [2.75, 3.05) is 11.9 Å². The molecule has 0 spiro atoms. The zero-order valence-corrected chi connectivity index (χ0v) is 13.8. The number of aromatic nitrogens is 2. The summed E-state index contributed by atoms with van der Waals surface area (Å²) in [6, 6.07) is 6.89. The lowest BCUT2D eigenvalue weighted by molar-refractivity contribution is -0.145. The van der Waals surface area contributed by atoms with E-state index in [0.29, 0.717) is 5.56 Å². The molecule has 0 saturated carbocycles. The quantitative estimate of drug-likeness (QED) is 0.867. The number of cyclic esters (lactones) is 1. The van der Waals surface area contributed by atoms with Gasteiger partial charge in [0, 0.05) is 24.3 Å². The Bertz CT molecular complexity index is 782. The summed E-state index contributed by atoms with van der Waals surface area (Å²) in [6.07, 6.45) is 2.62. The summed E-state index contributed by atoms with van der Waals surface area (Å²) in [4.78, 5) is 24.1. The van der Waals surface area contributed by atoms with E-state index in [1.165, 1.54) is 0 Å². The molecule has 7 nitrogen and oxygen atoms in total. The Labute approximate surface area is 139 Å². The van der Waals surface area contributed by atoms with Crippen LogP contribution in [0.25, 0.3) is 0 Å². The lowest BCUT2D eigenvalue weighted by Gasteiger charge is -2.21. The van der Waals surface area contributed by atoms with E-state index in [1.54, 1.807) is 29.1 Å². The van der Waals surface area contributed by atoms with Gasteiger partial charge < -0.3 is 14.8 Å². The van der Waals surface area contributed by atoms with Crippen molar-refractivity contribution in [3.05, 3.63) is 42.2 Å². The van der Waals surface area contributed by atoms with E-state index in [4.69, 9.17) is 9.47 Å². The molecule has 24 heavy (non-hydrogen) atoms. The zero-order chi connectivity index (χ0) is 17.3. The Morgan fingerprint density at radius 3 is 2.83 bits per heavy atom. The highest BCUT2D eigenvalue weighted by Gasteiger charge is 2.46. The molecule has 2 aromatic rings. The van der Waals surface area contributed by atoms with Crippen LogP contribution in [0.4, 0.5) is 11.4 Å². The molecule has 0 radical (unpaired) electrons. The third kappa shape index (κ3) is 3.24. The number of rotatable bonds is 4. The Kier molecular flexibility index (Phi) is 4.01. The van der Waals surface area contributed by atoms with Gasteiger partial charge in [-0.3, -0.25) is 4.68 Å². The smallest absolute Gasteiger partial charge is 0.348 e. The fourth-order valence-electron chi connectivity index (χ4n) is 2.49. The van der Waals surface area contributed by atoms with Crippen molar-refractivity contribution in [3.63, 3.8) is 0 Å². The minimum atomic E-state index is -0.889. The van der Waals surface area contributed by atoms with E-state index in [-0.39, 0.29) is 6.61 Å². The summed E-state index contributed by atoms with van der Waals surface area (Å²) < 4.78 is 12.0. The normalized spacial score (nSPS) is 19.0. The first-order valence-electron chi connectivity index (χ1n) is 7.58. The van der Waals surface area contributed by atoms with Gasteiger partial charge in [-0.05, 0) is 18.2 Å². The molecular formula is C17H19N3O4. The lowest BCUT2D eigenvalue weighted by atomic mass is 9.90. The van der Waals surface area contributed by atoms with Gasteiger partial charge in [-0.1, -0.05) is 19.9 Å². The van der Waals surface area contributed by atoms with Crippen LogP contribution in [0, 0.1) is 5.41 Å². The largest absolute Gasteiger partial charge is 0.462 e. The van der Waals surface area contributed by atoms with Gasteiger partial charge in [-0.15, -0.1) is 0 Å². The molecule has 1 aliphatic heterocycles. The highest BCUT2D eigenvalue weighted by atomic mass is 16.6. The van der Waals surface area contributed by atoms with Crippen molar-refractivity contribution in [2.45, 2.75) is 20.0 Å². The summed E-state index contributed by atoms with van der Waals surface area (Å²) >= 11 is 0. The number of hydrogen-bond acceptors (Lipinski definition) is 6. The van der Waals surface area contributed by atoms with Gasteiger partial charge in [0.1, 0.15) is 6.61 Å². The summed E-state index contributed by atoms with van der Waals surface area (Å²) in [5.41, 5.74) is 1.37. The number of hydrogen-bond donors (Lipinski definition) is 1. The molecule has 126 valence electrons. The predicted octanol–water partition coefficient (Wildman–Crippen LogP) is 2.27. The van der Waals surface area contributed by atoms with Gasteiger partial charge in [-0.2, -0.15) is 5.10 Å². The van der Waals surface area contributed by atoms with E-state index in [2.05, 4.69) is 10.4 Å². The predicted molar refractivity (Wildman–Crippen MR) is 86.9 cm³/mol. The topological polar surface area (TPSA) is 82.5 Å². The highest BCUT2D eigenvalue weighted by molar-refractivity contribution is 5.93. The maximum absolute atomic E-state index is 12.4. The second kappa shape index (κ2) is 5.99. The molecule has 0 bridgehead atoms. The maximum atomic E-state index is 12.4. The molecule has 0 amide bonds. The second-order valence-corrected chi connectivity index (χ2v) is 6.49. The Balaban J connectivity index is 1.73. The summed E-state index contributed by atoms with van der Waals surface area (Å²) in [5.74, 6) is -1.06. The summed E-state index contributed by atoms with van der Waals surface area (Å²) in [7, 11) is 1.82. The first-order chi connectivity index (χ1) is 11.3. The second-order valence-electron chi connectivity index (χ2n) is 6.49. The Hall–Kier alpha value is -2.83. The number of nitrogens with one attached hydrogen (secondary N) is 1. The first kappa shape index (κ1) is 16.0. The molecule has 0 unspecified atom stereocenters. The lowest BCUT2D eigenvalue weighted by Crippen LogP contribution is -2.34. The van der Waals surface area contributed by atoms with Crippen LogP contribution in [0.5, 0.6) is 0 Å². The van der Waals surface area contributed by atoms with Crippen LogP contribution in [0.3, 0.4) is 0 Å². The molecule has 1 aromatic carbocycles. The average molecular weight is 329 g/mol. The maximum Gasteiger partial charge on any atom is 0.348 e. The third-order valence-electron chi connectivity index (χ3n) is 3.83. The molecule has 3 rings (SSSR count). The van der Waals surface area contributed by atoms with Gasteiger partial charge in [0.05, 0.1) is 17.4 Å². The van der Waals surface area contributed by atoms with Crippen LogP contribution in [0.15, 0.2) is 36.7 Å². The van der Waals surface area contributed by atoms with Gasteiger partial charge in [-0.25, -0.2) is 9.59 Å². The van der Waals surface area contributed by atoms with Crippen molar-refractivity contribution in [3.8, 4) is 0 Å². The number of carbonyl (C=O) groups excluding carboxylic acids is 2. The summed E-state index contributed by atoms with van der Waals surface area (Å²) in [6.45, 7) is 3.90. The van der Waals surface area contributed by atoms with Crippen LogP contribution in [-0.4, -0.2) is 34.4 Å². The number of esters is 2. The number of aryl methyl sites for hydroxylation is 1. The van der Waals surface area contributed by atoms with Gasteiger partial charge in [0.15, 0.2) is 0 Å². The van der Waals surface area contributed by atoms with Crippen molar-refractivity contribution in [2.24, 2.45) is 12.5 Å². The molecule has 0 aliphatic carbocycles. The van der Waals surface area contributed by atoms with Gasteiger partial charge in [0.25, 0.3) is 0 Å². The molecule has 1 fully saturated rings. The number of ether oxygens (including phenoxy) is 2. The van der Waals surface area contributed by atoms with Crippen molar-refractivity contribution >= 4 is 23.3 Å². The fourth-order valence-corrected chi connectivity index (χ4v) is 2.49. The van der Waals surface area contributed by atoms with Gasteiger partial charge >= 0.3 is 11.9 Å². The van der Waals surface area contributed by atoms with Crippen LogP contribution in [0.1, 0.15) is 24.2 Å². The average Bonchev–Trinajstić information content (AvgIpc) is 3.05. The van der Waals surface area contributed by atoms with E-state index in [0.717, 1.165) is 11.4 Å². The number of nitrogens with zero attached hydrogens (tertiary/aromatic N) is 2. The van der Waals surface area contributed by atoms with Crippen molar-refractivity contribution in [1.82, 2.24) is 9.78 Å². The van der Waals surface area contributed by atoms with Crippen LogP contribution in [-0.2, 0) is 21.3 Å². The van der Waals surface area contributed by atoms with E-state index < -0.39 is 23.5 Å². The minimum Gasteiger partial charge on any atom is -0.462 e. The first-order valence-corrected chi connectivity index (χ1v) is 7.58. The number of carbonyl (C=O) groups is 2. The Morgan fingerprint density at radius 2 is 2.21 bits per heavy atom. The van der Waals surface area contributed by atoms with Crippen LogP contribution in [0.2, 0.25) is 0 Å². The molecule has 1 atom stereocenters. The molecule has 2 heterocycles. The third-order valence-corrected chi connectivity index (χ3v) is 3.83. The Morgan fingerprint density at radius 1 is 1.42 bits per heavy atom. The molecule has 1 N–H and O–H groups in total. The monoisotopic (exact) mass is 329 g/mol. The highest BCUT2D eigenvalue weighted by Crippen LogP contribution is 2.31.